The monoisotopic (exact) mass is 292 g/mol. The molecule has 1 heterocycles. The largest absolute Gasteiger partial charge is 0.462 e. The van der Waals surface area contributed by atoms with E-state index in [1.165, 1.54) is 6.07 Å². The van der Waals surface area contributed by atoms with Gasteiger partial charge in [0.25, 0.3) is 0 Å². The Hall–Kier alpha value is -1.97. The van der Waals surface area contributed by atoms with E-state index in [0.29, 0.717) is 30.6 Å². The molecule has 0 amide bonds. The molecule has 0 radical (unpaired) electrons. The number of carbonyl (C=O) groups is 1. The summed E-state index contributed by atoms with van der Waals surface area (Å²) < 4.78 is 31.3. The maximum Gasteiger partial charge on any atom is 0.333 e. The van der Waals surface area contributed by atoms with Gasteiger partial charge in [-0.1, -0.05) is 17.7 Å². The van der Waals surface area contributed by atoms with Crippen molar-refractivity contribution >= 4 is 5.97 Å². The lowest BCUT2D eigenvalue weighted by molar-refractivity contribution is -0.140. The van der Waals surface area contributed by atoms with Crippen LogP contribution in [0, 0.1) is 11.6 Å². The summed E-state index contributed by atoms with van der Waals surface area (Å²) in [6.45, 7) is 6.10. The highest BCUT2D eigenvalue weighted by Crippen LogP contribution is 2.28. The van der Waals surface area contributed by atoms with Gasteiger partial charge in [0, 0.05) is 17.9 Å². The molecular formula is C17H18F2O2. The highest BCUT2D eigenvalue weighted by atomic mass is 19.2. The molecule has 0 spiro atoms. The third-order valence-electron chi connectivity index (χ3n) is 3.83. The Balaban J connectivity index is 2.11. The Morgan fingerprint density at radius 3 is 2.76 bits per heavy atom. The average molecular weight is 292 g/mol. The highest BCUT2D eigenvalue weighted by Gasteiger charge is 2.20. The molecule has 1 aromatic carbocycles. The van der Waals surface area contributed by atoms with Crippen LogP contribution in [0.15, 0.2) is 42.0 Å². The van der Waals surface area contributed by atoms with E-state index in [2.05, 4.69) is 6.58 Å². The van der Waals surface area contributed by atoms with Crippen LogP contribution in [0.2, 0.25) is 0 Å². The zero-order valence-corrected chi connectivity index (χ0v) is 12.0. The predicted molar refractivity (Wildman–Crippen MR) is 76.8 cm³/mol. The summed E-state index contributed by atoms with van der Waals surface area (Å²) in [5.74, 6) is -2.13. The van der Waals surface area contributed by atoms with Gasteiger partial charge >= 0.3 is 5.97 Å². The molecule has 21 heavy (non-hydrogen) atoms. The van der Waals surface area contributed by atoms with Gasteiger partial charge in [0.2, 0.25) is 0 Å². The van der Waals surface area contributed by atoms with Gasteiger partial charge in [0.05, 0.1) is 6.61 Å². The molecule has 0 bridgehead atoms. The highest BCUT2D eigenvalue weighted by molar-refractivity contribution is 5.90. The van der Waals surface area contributed by atoms with E-state index in [0.717, 1.165) is 18.1 Å². The van der Waals surface area contributed by atoms with Crippen molar-refractivity contribution < 1.29 is 18.3 Å². The average Bonchev–Trinajstić information content (AvgIpc) is 2.46. The molecule has 112 valence electrons. The van der Waals surface area contributed by atoms with Gasteiger partial charge in [-0.2, -0.15) is 0 Å². The zero-order chi connectivity index (χ0) is 15.4. The first-order valence-electron chi connectivity index (χ1n) is 6.96. The molecule has 2 rings (SSSR count). The fourth-order valence-corrected chi connectivity index (χ4v) is 2.49. The molecule has 0 N–H and O–H groups in total. The zero-order valence-electron chi connectivity index (χ0n) is 12.0. The van der Waals surface area contributed by atoms with Gasteiger partial charge in [0.15, 0.2) is 11.6 Å². The summed E-state index contributed by atoms with van der Waals surface area (Å²) in [7, 11) is 0. The van der Waals surface area contributed by atoms with Crippen molar-refractivity contribution in [1.29, 1.82) is 0 Å². The molecule has 0 aromatic heterocycles. The van der Waals surface area contributed by atoms with E-state index in [9.17, 15) is 13.6 Å². The second-order valence-electron chi connectivity index (χ2n) is 5.20. The molecule has 1 atom stereocenters. The van der Waals surface area contributed by atoms with Gasteiger partial charge in [-0.05, 0) is 37.5 Å². The van der Waals surface area contributed by atoms with Crippen LogP contribution in [-0.2, 0) is 9.53 Å². The van der Waals surface area contributed by atoms with Crippen molar-refractivity contribution in [2.75, 3.05) is 6.61 Å². The molecule has 1 aliphatic rings. The number of hydrogen-bond acceptors (Lipinski definition) is 2. The smallest absolute Gasteiger partial charge is 0.333 e. The first-order valence-corrected chi connectivity index (χ1v) is 6.96. The van der Waals surface area contributed by atoms with Crippen LogP contribution >= 0.6 is 0 Å². The van der Waals surface area contributed by atoms with Crippen molar-refractivity contribution in [2.24, 2.45) is 0 Å². The van der Waals surface area contributed by atoms with Crippen molar-refractivity contribution in [2.45, 2.75) is 32.1 Å². The lowest BCUT2D eigenvalue weighted by Gasteiger charge is -2.19. The normalized spacial score (nSPS) is 16.6. The molecule has 1 aromatic rings. The van der Waals surface area contributed by atoms with Gasteiger partial charge in [-0.15, -0.1) is 6.58 Å². The van der Waals surface area contributed by atoms with E-state index >= 15 is 0 Å². The number of cyclic esters (lactones) is 1. The van der Waals surface area contributed by atoms with Crippen LogP contribution in [0.3, 0.4) is 0 Å². The topological polar surface area (TPSA) is 26.3 Å². The molecule has 1 unspecified atom stereocenters. The Kier molecular flexibility index (Phi) is 4.89. The Morgan fingerprint density at radius 1 is 1.38 bits per heavy atom. The molecule has 2 nitrogen and oxygen atoms in total. The minimum absolute atomic E-state index is 0.130. The molecular weight excluding hydrogens is 274 g/mol. The maximum atomic E-state index is 13.3. The molecule has 0 saturated carbocycles. The SMILES string of the molecule is C=CC(CCC1=C(C)CCOC1=O)c1ccc(F)c(F)c1. The fourth-order valence-electron chi connectivity index (χ4n) is 2.49. The van der Waals surface area contributed by atoms with Crippen LogP contribution in [0.5, 0.6) is 0 Å². The summed E-state index contributed by atoms with van der Waals surface area (Å²) in [5.41, 5.74) is 2.39. The second-order valence-corrected chi connectivity index (χ2v) is 5.20. The van der Waals surface area contributed by atoms with Gasteiger partial charge in [-0.3, -0.25) is 0 Å². The van der Waals surface area contributed by atoms with Crippen molar-refractivity contribution in [3.05, 3.63) is 59.2 Å². The van der Waals surface area contributed by atoms with E-state index < -0.39 is 11.6 Å². The van der Waals surface area contributed by atoms with E-state index in [4.69, 9.17) is 4.74 Å². The number of carbonyl (C=O) groups excluding carboxylic acids is 1. The minimum atomic E-state index is -0.869. The summed E-state index contributed by atoms with van der Waals surface area (Å²) in [4.78, 5) is 11.7. The van der Waals surface area contributed by atoms with E-state index in [-0.39, 0.29) is 11.9 Å². The third kappa shape index (κ3) is 3.57. The number of benzene rings is 1. The number of hydrogen-bond donors (Lipinski definition) is 0. The van der Waals surface area contributed by atoms with Crippen LogP contribution < -0.4 is 0 Å². The lowest BCUT2D eigenvalue weighted by Crippen LogP contribution is -2.17. The van der Waals surface area contributed by atoms with E-state index in [1.54, 1.807) is 12.1 Å². The van der Waals surface area contributed by atoms with E-state index in [1.807, 2.05) is 6.92 Å². The number of ether oxygens (including phenoxy) is 1. The molecule has 0 saturated heterocycles. The van der Waals surface area contributed by atoms with Crippen molar-refractivity contribution in [3.8, 4) is 0 Å². The summed E-state index contributed by atoms with van der Waals surface area (Å²) in [6.07, 6.45) is 3.60. The minimum Gasteiger partial charge on any atom is -0.462 e. The number of esters is 1. The van der Waals surface area contributed by atoms with Crippen LogP contribution in [0.1, 0.15) is 37.7 Å². The number of halogens is 2. The molecule has 0 aliphatic carbocycles. The Morgan fingerprint density at radius 2 is 2.14 bits per heavy atom. The maximum absolute atomic E-state index is 13.3. The molecule has 1 aliphatic heterocycles. The summed E-state index contributed by atoms with van der Waals surface area (Å²) >= 11 is 0. The molecule has 0 fully saturated rings. The second kappa shape index (κ2) is 6.66. The van der Waals surface area contributed by atoms with Crippen LogP contribution in [-0.4, -0.2) is 12.6 Å². The first kappa shape index (κ1) is 15.4. The predicted octanol–water partition coefficient (Wildman–Crippen LogP) is 4.28. The van der Waals surface area contributed by atoms with Gasteiger partial charge < -0.3 is 4.74 Å². The first-order chi connectivity index (χ1) is 10.0. The quantitative estimate of drug-likeness (QED) is 0.598. The van der Waals surface area contributed by atoms with Gasteiger partial charge in [-0.25, -0.2) is 13.6 Å². The number of allylic oxidation sites excluding steroid dienone is 1. The summed E-state index contributed by atoms with van der Waals surface area (Å²) in [6, 6.07) is 3.84. The Bertz CT molecular complexity index is 590. The van der Waals surface area contributed by atoms with Gasteiger partial charge in [0.1, 0.15) is 0 Å². The summed E-state index contributed by atoms with van der Waals surface area (Å²) in [5, 5.41) is 0. The van der Waals surface area contributed by atoms with Crippen LogP contribution in [0.25, 0.3) is 0 Å². The van der Waals surface area contributed by atoms with Crippen molar-refractivity contribution in [1.82, 2.24) is 0 Å². The van der Waals surface area contributed by atoms with Crippen molar-refractivity contribution in [3.63, 3.8) is 0 Å². The standard InChI is InChI=1S/C17H18F2O2/c1-3-12(13-5-7-15(18)16(19)10-13)4-6-14-11(2)8-9-21-17(14)20/h3,5,7,10,12H,1,4,6,8-9H2,2H3. The fraction of sp³-hybridized carbons (Fsp3) is 0.353. The molecule has 4 heteroatoms. The van der Waals surface area contributed by atoms with Crippen LogP contribution in [0.4, 0.5) is 8.78 Å². The third-order valence-corrected chi connectivity index (χ3v) is 3.83. The Labute approximate surface area is 123 Å². The number of rotatable bonds is 5. The lowest BCUT2D eigenvalue weighted by atomic mass is 9.90.